The second kappa shape index (κ2) is 6.06. The van der Waals surface area contributed by atoms with Crippen LogP contribution < -0.4 is 0 Å². The van der Waals surface area contributed by atoms with Crippen molar-refractivity contribution in [3.05, 3.63) is 34.9 Å². The molecule has 0 aliphatic carbocycles. The number of alkyl halides is 1. The average molecular weight is 254 g/mol. The average Bonchev–Trinajstić information content (AvgIpc) is 2.30. The summed E-state index contributed by atoms with van der Waals surface area (Å²) in [5.41, 5.74) is 3.10. The van der Waals surface area contributed by atoms with Crippen LogP contribution in [-0.4, -0.2) is 23.9 Å². The van der Waals surface area contributed by atoms with E-state index in [1.165, 1.54) is 0 Å². The number of rotatable bonds is 4. The first-order valence-corrected chi connectivity index (χ1v) is 6.45. The van der Waals surface area contributed by atoms with Gasteiger partial charge in [0, 0.05) is 13.1 Å². The van der Waals surface area contributed by atoms with Gasteiger partial charge in [-0.1, -0.05) is 18.2 Å². The van der Waals surface area contributed by atoms with Crippen LogP contribution in [0.1, 0.15) is 35.9 Å². The Bertz CT molecular complexity index is 379. The fourth-order valence-electron chi connectivity index (χ4n) is 2.05. The van der Waals surface area contributed by atoms with Crippen molar-refractivity contribution >= 4 is 17.5 Å². The normalized spacial score (nSPS) is 12.3. The summed E-state index contributed by atoms with van der Waals surface area (Å²) in [4.78, 5) is 14.0. The number of amides is 1. The zero-order valence-corrected chi connectivity index (χ0v) is 11.7. The summed E-state index contributed by atoms with van der Waals surface area (Å²) >= 11 is 6.33. The van der Waals surface area contributed by atoms with Gasteiger partial charge in [0.1, 0.15) is 5.38 Å². The zero-order valence-electron chi connectivity index (χ0n) is 11.0. The van der Waals surface area contributed by atoms with Crippen molar-refractivity contribution in [2.24, 2.45) is 0 Å². The molecule has 2 nitrogen and oxygen atoms in total. The Kier molecular flexibility index (Phi) is 5.01. The molecule has 0 aliphatic rings. The van der Waals surface area contributed by atoms with E-state index in [1.807, 2.05) is 45.9 Å². The first-order chi connectivity index (χ1) is 8.02. The van der Waals surface area contributed by atoms with Crippen molar-refractivity contribution < 1.29 is 4.79 Å². The van der Waals surface area contributed by atoms with E-state index in [4.69, 9.17) is 11.6 Å². The van der Waals surface area contributed by atoms with Crippen LogP contribution in [0.2, 0.25) is 0 Å². The summed E-state index contributed by atoms with van der Waals surface area (Å²) < 4.78 is 0. The minimum Gasteiger partial charge on any atom is -0.342 e. The Morgan fingerprint density at radius 2 is 1.71 bits per heavy atom. The molecule has 0 aliphatic heterocycles. The van der Waals surface area contributed by atoms with Crippen molar-refractivity contribution in [1.82, 2.24) is 4.90 Å². The van der Waals surface area contributed by atoms with E-state index in [0.717, 1.165) is 16.7 Å². The number of nitrogens with zero attached hydrogens (tertiary/aromatic N) is 1. The summed E-state index contributed by atoms with van der Waals surface area (Å²) in [7, 11) is 0. The third kappa shape index (κ3) is 3.01. The SMILES string of the molecule is CCN(CC)C(=O)C(Cl)c1c(C)cccc1C. The molecule has 17 heavy (non-hydrogen) atoms. The second-order valence-corrected chi connectivity index (χ2v) is 4.62. The predicted octanol–water partition coefficient (Wildman–Crippen LogP) is 3.45. The van der Waals surface area contributed by atoms with Crippen LogP contribution in [0, 0.1) is 13.8 Å². The molecule has 0 fully saturated rings. The first kappa shape index (κ1) is 14.0. The minimum absolute atomic E-state index is 0.00549. The zero-order chi connectivity index (χ0) is 13.0. The standard InChI is InChI=1S/C14H20ClNO/c1-5-16(6-2)14(17)13(15)12-10(3)8-7-9-11(12)4/h7-9,13H,5-6H2,1-4H3. The van der Waals surface area contributed by atoms with E-state index in [0.29, 0.717) is 13.1 Å². The number of aryl methyl sites for hydroxylation is 2. The molecule has 0 aromatic heterocycles. The summed E-state index contributed by atoms with van der Waals surface area (Å²) in [5, 5.41) is -0.573. The number of benzene rings is 1. The maximum absolute atomic E-state index is 12.2. The van der Waals surface area contributed by atoms with Crippen LogP contribution in [0.4, 0.5) is 0 Å². The molecule has 3 heteroatoms. The fourth-order valence-corrected chi connectivity index (χ4v) is 2.53. The van der Waals surface area contributed by atoms with Crippen molar-refractivity contribution in [3.63, 3.8) is 0 Å². The van der Waals surface area contributed by atoms with E-state index in [2.05, 4.69) is 0 Å². The molecule has 1 amide bonds. The lowest BCUT2D eigenvalue weighted by atomic mass is 9.99. The fraction of sp³-hybridized carbons (Fsp3) is 0.500. The number of carbonyl (C=O) groups is 1. The summed E-state index contributed by atoms with van der Waals surface area (Å²) in [5.74, 6) is -0.00549. The smallest absolute Gasteiger partial charge is 0.245 e. The molecule has 0 saturated carbocycles. The molecular weight excluding hydrogens is 234 g/mol. The van der Waals surface area contributed by atoms with E-state index >= 15 is 0 Å². The van der Waals surface area contributed by atoms with E-state index in [9.17, 15) is 4.79 Å². The summed E-state index contributed by atoms with van der Waals surface area (Å²) in [6.45, 7) is 9.32. The van der Waals surface area contributed by atoms with Crippen LogP contribution in [-0.2, 0) is 4.79 Å². The predicted molar refractivity (Wildman–Crippen MR) is 72.4 cm³/mol. The number of hydrogen-bond acceptors (Lipinski definition) is 1. The Morgan fingerprint density at radius 3 is 2.12 bits per heavy atom. The lowest BCUT2D eigenvalue weighted by Crippen LogP contribution is -2.33. The van der Waals surface area contributed by atoms with Crippen LogP contribution in [0.25, 0.3) is 0 Å². The molecule has 0 bridgehead atoms. The highest BCUT2D eigenvalue weighted by molar-refractivity contribution is 6.31. The van der Waals surface area contributed by atoms with Crippen molar-refractivity contribution in [2.75, 3.05) is 13.1 Å². The van der Waals surface area contributed by atoms with Gasteiger partial charge in [-0.25, -0.2) is 0 Å². The molecule has 0 saturated heterocycles. The maximum atomic E-state index is 12.2. The number of carbonyl (C=O) groups excluding carboxylic acids is 1. The van der Waals surface area contributed by atoms with Crippen molar-refractivity contribution in [2.45, 2.75) is 33.1 Å². The monoisotopic (exact) mass is 253 g/mol. The van der Waals surface area contributed by atoms with Gasteiger partial charge in [-0.3, -0.25) is 4.79 Å². The highest BCUT2D eigenvalue weighted by Crippen LogP contribution is 2.28. The minimum atomic E-state index is -0.573. The second-order valence-electron chi connectivity index (χ2n) is 4.18. The number of likely N-dealkylation sites (N-methyl/N-ethyl adjacent to an activating group) is 1. The van der Waals surface area contributed by atoms with Gasteiger partial charge in [-0.05, 0) is 44.4 Å². The number of halogens is 1. The van der Waals surface area contributed by atoms with Gasteiger partial charge in [0.25, 0.3) is 0 Å². The third-order valence-corrected chi connectivity index (χ3v) is 3.49. The van der Waals surface area contributed by atoms with Gasteiger partial charge in [0.2, 0.25) is 5.91 Å². The summed E-state index contributed by atoms with van der Waals surface area (Å²) in [6.07, 6.45) is 0. The molecule has 94 valence electrons. The van der Waals surface area contributed by atoms with Crippen LogP contribution in [0.5, 0.6) is 0 Å². The quantitative estimate of drug-likeness (QED) is 0.753. The van der Waals surface area contributed by atoms with Gasteiger partial charge in [-0.15, -0.1) is 11.6 Å². The topological polar surface area (TPSA) is 20.3 Å². The van der Waals surface area contributed by atoms with Crippen LogP contribution in [0.3, 0.4) is 0 Å². The number of hydrogen-bond donors (Lipinski definition) is 0. The van der Waals surface area contributed by atoms with Gasteiger partial charge in [0.15, 0.2) is 0 Å². The Labute approximate surface area is 109 Å². The van der Waals surface area contributed by atoms with Gasteiger partial charge >= 0.3 is 0 Å². The van der Waals surface area contributed by atoms with Crippen molar-refractivity contribution in [3.8, 4) is 0 Å². The molecule has 0 heterocycles. The molecule has 0 N–H and O–H groups in total. The van der Waals surface area contributed by atoms with Gasteiger partial charge in [-0.2, -0.15) is 0 Å². The molecule has 1 unspecified atom stereocenters. The molecule has 0 radical (unpaired) electrons. The lowest BCUT2D eigenvalue weighted by Gasteiger charge is -2.23. The molecule has 0 spiro atoms. The Morgan fingerprint density at radius 1 is 1.24 bits per heavy atom. The Balaban J connectivity index is 3.04. The lowest BCUT2D eigenvalue weighted by molar-refractivity contribution is -0.130. The van der Waals surface area contributed by atoms with Gasteiger partial charge < -0.3 is 4.90 Å². The Hall–Kier alpha value is -1.02. The van der Waals surface area contributed by atoms with Gasteiger partial charge in [0.05, 0.1) is 0 Å². The highest BCUT2D eigenvalue weighted by Gasteiger charge is 2.24. The first-order valence-electron chi connectivity index (χ1n) is 6.01. The third-order valence-electron chi connectivity index (χ3n) is 3.09. The van der Waals surface area contributed by atoms with Crippen LogP contribution in [0.15, 0.2) is 18.2 Å². The van der Waals surface area contributed by atoms with E-state index < -0.39 is 5.38 Å². The van der Waals surface area contributed by atoms with E-state index in [-0.39, 0.29) is 5.91 Å². The van der Waals surface area contributed by atoms with Crippen LogP contribution >= 0.6 is 11.6 Å². The van der Waals surface area contributed by atoms with E-state index in [1.54, 1.807) is 4.90 Å². The largest absolute Gasteiger partial charge is 0.342 e. The molecular formula is C14H20ClNO. The molecule has 1 atom stereocenters. The molecule has 1 aromatic rings. The molecule has 1 aromatic carbocycles. The maximum Gasteiger partial charge on any atom is 0.245 e. The highest BCUT2D eigenvalue weighted by atomic mass is 35.5. The summed E-state index contributed by atoms with van der Waals surface area (Å²) in [6, 6.07) is 5.97. The van der Waals surface area contributed by atoms with Crippen molar-refractivity contribution in [1.29, 1.82) is 0 Å². The molecule has 1 rings (SSSR count).